The summed E-state index contributed by atoms with van der Waals surface area (Å²) in [7, 11) is -17.5. The molecule has 0 radical (unpaired) electrons. The van der Waals surface area contributed by atoms with E-state index in [-0.39, 0.29) is 4.57 Å². The molecule has 0 aliphatic carbocycles. The van der Waals surface area contributed by atoms with Crippen LogP contribution in [-0.4, -0.2) is 58.5 Å². The Bertz CT molecular complexity index is 1150. The zero-order chi connectivity index (χ0) is 24.9. The number of hydrogen-bond donors (Lipinski definition) is 6. The van der Waals surface area contributed by atoms with Crippen LogP contribution in [0.4, 0.5) is 13.2 Å². The molecular formula is C10H14F3N2O13P3S. The summed E-state index contributed by atoms with van der Waals surface area (Å²) in [6.45, 7) is -1.37. The van der Waals surface area contributed by atoms with E-state index >= 15 is 4.39 Å². The van der Waals surface area contributed by atoms with Gasteiger partial charge in [0.25, 0.3) is 5.85 Å². The minimum absolute atomic E-state index is 0.153. The molecule has 1 aromatic heterocycles. The average Bonchev–Trinajstić information content (AvgIpc) is 2.74. The molecule has 184 valence electrons. The number of hydrogen-bond acceptors (Lipinski definition) is 10. The Balaban J connectivity index is 2.26. The van der Waals surface area contributed by atoms with Gasteiger partial charge in [-0.1, -0.05) is 12.2 Å². The second-order valence-corrected chi connectivity index (χ2v) is 11.1. The van der Waals surface area contributed by atoms with Crippen LogP contribution in [0.15, 0.2) is 11.0 Å². The van der Waals surface area contributed by atoms with Crippen molar-refractivity contribution in [1.82, 2.24) is 9.55 Å². The molecule has 22 heteroatoms. The maximum Gasteiger partial charge on any atom is 0.490 e. The first-order chi connectivity index (χ1) is 14.2. The first-order valence-electron chi connectivity index (χ1n) is 7.72. The topological polar surface area (TPSA) is 227 Å². The largest absolute Gasteiger partial charge is 0.490 e. The van der Waals surface area contributed by atoms with E-state index in [9.17, 15) is 37.3 Å². The van der Waals surface area contributed by atoms with Gasteiger partial charge in [0.05, 0.1) is 6.20 Å². The van der Waals surface area contributed by atoms with Gasteiger partial charge in [0, 0.05) is 0 Å². The van der Waals surface area contributed by atoms with Gasteiger partial charge in [0.1, 0.15) is 11.2 Å². The highest BCUT2D eigenvalue weighted by atomic mass is 32.1. The van der Waals surface area contributed by atoms with E-state index in [0.29, 0.717) is 13.1 Å². The molecule has 0 saturated carbocycles. The summed E-state index contributed by atoms with van der Waals surface area (Å²) >= 11 is 4.46. The van der Waals surface area contributed by atoms with Gasteiger partial charge >= 0.3 is 29.2 Å². The number of phosphoric ester groups is 1. The monoisotopic (exact) mass is 552 g/mol. The lowest BCUT2D eigenvalue weighted by molar-refractivity contribution is -0.205. The van der Waals surface area contributed by atoms with Crippen molar-refractivity contribution in [3.05, 3.63) is 27.1 Å². The molecule has 0 amide bonds. The lowest BCUT2D eigenvalue weighted by atomic mass is 9.97. The second-order valence-electron chi connectivity index (χ2n) is 6.32. The van der Waals surface area contributed by atoms with Gasteiger partial charge in [-0.05, 0) is 6.92 Å². The molecule has 0 aromatic carbocycles. The summed E-state index contributed by atoms with van der Waals surface area (Å²) in [6.07, 6.45) is -4.89. The van der Waals surface area contributed by atoms with Crippen LogP contribution in [0, 0.1) is 10.5 Å². The number of nitrogens with one attached hydrogen (secondary N) is 1. The third-order valence-electron chi connectivity index (χ3n) is 3.75. The van der Waals surface area contributed by atoms with E-state index in [1.807, 2.05) is 0 Å². The zero-order valence-electron chi connectivity index (χ0n) is 15.3. The Morgan fingerprint density at radius 1 is 1.22 bits per heavy atom. The lowest BCUT2D eigenvalue weighted by Crippen LogP contribution is -2.47. The van der Waals surface area contributed by atoms with Crippen molar-refractivity contribution in [2.75, 3.05) is 6.61 Å². The van der Waals surface area contributed by atoms with Crippen LogP contribution in [0.1, 0.15) is 13.2 Å². The van der Waals surface area contributed by atoms with Gasteiger partial charge in [-0.2, -0.15) is 8.62 Å². The normalized spacial score (nSPS) is 32.4. The van der Waals surface area contributed by atoms with Gasteiger partial charge in [-0.15, -0.1) is 0 Å². The highest BCUT2D eigenvalue weighted by Gasteiger charge is 2.65. The number of aliphatic hydroxyl groups is 1. The van der Waals surface area contributed by atoms with Gasteiger partial charge in [-0.25, -0.2) is 31.7 Å². The number of halogens is 3. The van der Waals surface area contributed by atoms with Crippen LogP contribution in [0.2, 0.25) is 0 Å². The lowest BCUT2D eigenvalue weighted by Gasteiger charge is -2.25. The maximum atomic E-state index is 15.0. The van der Waals surface area contributed by atoms with Crippen molar-refractivity contribution >= 4 is 35.7 Å². The van der Waals surface area contributed by atoms with E-state index < -0.39 is 70.1 Å². The Morgan fingerprint density at radius 3 is 2.31 bits per heavy atom. The summed E-state index contributed by atoms with van der Waals surface area (Å²) in [5.74, 6) is -4.99. The second kappa shape index (κ2) is 8.78. The number of H-pyrrole nitrogens is 1. The molecule has 0 spiro atoms. The average molecular weight is 552 g/mol. The number of ether oxygens (including phenoxy) is 1. The van der Waals surface area contributed by atoms with Gasteiger partial charge in [-0.3, -0.25) is 14.1 Å². The van der Waals surface area contributed by atoms with Gasteiger partial charge < -0.3 is 29.4 Å². The standard InChI is InChI=1S/C10H14F3N2O13P3S/c1-9(12)6(16)10(13,26-7(9)15-2-4(11)5(32)14-8(15)17)3-25-30(21,22)28-31(23,24)27-29(18,19)20/h2,6-7,16H,3H2,1H3,(H,21,22)(H,23,24)(H,14,17,32)(H2,18,19,20)/t6?,7-,9-,10-/m1/s1. The Kier molecular flexibility index (Phi) is 7.53. The summed E-state index contributed by atoms with van der Waals surface area (Å²) in [5, 5.41) is 9.97. The number of alkyl halides is 2. The molecule has 1 aromatic rings. The van der Waals surface area contributed by atoms with Crippen molar-refractivity contribution in [2.45, 2.75) is 30.8 Å². The smallest absolute Gasteiger partial charge is 0.384 e. The SMILES string of the molecule is C[C@@]1(F)C(O)[C@@](F)(COP(=O)(O)OP(=O)(O)OP(=O)(O)O)O[C@H]1n1cc(F)c(=S)[nH]c1=O. The summed E-state index contributed by atoms with van der Waals surface area (Å²) < 4.78 is 92.1. The molecule has 3 unspecified atom stereocenters. The Morgan fingerprint density at radius 2 is 1.78 bits per heavy atom. The van der Waals surface area contributed by atoms with Crippen LogP contribution >= 0.6 is 35.7 Å². The third-order valence-corrected chi connectivity index (χ3v) is 7.83. The van der Waals surface area contributed by atoms with Gasteiger partial charge in [0.15, 0.2) is 23.8 Å². The van der Waals surface area contributed by atoms with E-state index in [1.165, 1.54) is 0 Å². The molecule has 6 atom stereocenters. The number of aromatic amines is 1. The maximum absolute atomic E-state index is 15.0. The van der Waals surface area contributed by atoms with Crippen LogP contribution in [0.5, 0.6) is 0 Å². The molecule has 15 nitrogen and oxygen atoms in total. The third kappa shape index (κ3) is 6.21. The summed E-state index contributed by atoms with van der Waals surface area (Å²) in [6, 6.07) is 0. The fraction of sp³-hybridized carbons (Fsp3) is 0.600. The molecular weight excluding hydrogens is 538 g/mol. The fourth-order valence-electron chi connectivity index (χ4n) is 2.47. The van der Waals surface area contributed by atoms with Gasteiger partial charge in [0.2, 0.25) is 0 Å². The number of rotatable bonds is 8. The molecule has 2 rings (SSSR count). The van der Waals surface area contributed by atoms with Crippen molar-refractivity contribution in [3.8, 4) is 0 Å². The predicted molar refractivity (Wildman–Crippen MR) is 95.1 cm³/mol. The minimum atomic E-state index is -5.94. The van der Waals surface area contributed by atoms with Crippen molar-refractivity contribution < 1.29 is 69.4 Å². The van der Waals surface area contributed by atoms with Crippen LogP contribution in [0.25, 0.3) is 0 Å². The molecule has 1 aliphatic heterocycles. The van der Waals surface area contributed by atoms with E-state index in [0.717, 1.165) is 0 Å². The molecule has 1 saturated heterocycles. The highest BCUT2D eigenvalue weighted by Crippen LogP contribution is 2.66. The fourth-order valence-corrected chi connectivity index (χ4v) is 5.65. The summed E-state index contributed by atoms with van der Waals surface area (Å²) in [4.78, 5) is 49.0. The molecule has 1 aliphatic rings. The Labute approximate surface area is 179 Å². The van der Waals surface area contributed by atoms with E-state index in [1.54, 1.807) is 4.98 Å². The van der Waals surface area contributed by atoms with Crippen LogP contribution < -0.4 is 5.69 Å². The minimum Gasteiger partial charge on any atom is -0.384 e. The zero-order valence-corrected chi connectivity index (χ0v) is 18.8. The molecule has 6 N–H and O–H groups in total. The quantitative estimate of drug-likeness (QED) is 0.193. The predicted octanol–water partition coefficient (Wildman–Crippen LogP) is 0.672. The molecule has 0 bridgehead atoms. The van der Waals surface area contributed by atoms with Crippen LogP contribution in [0.3, 0.4) is 0 Å². The molecule has 1 fully saturated rings. The van der Waals surface area contributed by atoms with Crippen molar-refractivity contribution in [1.29, 1.82) is 0 Å². The Hall–Kier alpha value is -0.780. The summed E-state index contributed by atoms with van der Waals surface area (Å²) in [5.41, 5.74) is -4.48. The number of aliphatic hydroxyl groups excluding tert-OH is 1. The highest BCUT2D eigenvalue weighted by molar-refractivity contribution is 7.71. The molecule has 2 heterocycles. The first-order valence-corrected chi connectivity index (χ1v) is 12.7. The van der Waals surface area contributed by atoms with Crippen LogP contribution in [-0.2, 0) is 31.6 Å². The van der Waals surface area contributed by atoms with E-state index in [2.05, 4.69) is 30.1 Å². The molecule has 32 heavy (non-hydrogen) atoms. The number of phosphoric acid groups is 3. The number of nitrogens with zero attached hydrogens (tertiary/aromatic N) is 1. The first kappa shape index (κ1) is 27.5. The van der Waals surface area contributed by atoms with Crippen molar-refractivity contribution in [2.24, 2.45) is 0 Å². The van der Waals surface area contributed by atoms with E-state index in [4.69, 9.17) is 14.7 Å². The number of aromatic nitrogens is 2. The van der Waals surface area contributed by atoms with Crippen molar-refractivity contribution in [3.63, 3.8) is 0 Å².